The second kappa shape index (κ2) is 10.6. The van der Waals surface area contributed by atoms with Crippen LogP contribution in [-0.4, -0.2) is 67.5 Å². The Hall–Kier alpha value is -3.27. The van der Waals surface area contributed by atoms with Gasteiger partial charge in [0, 0.05) is 38.2 Å². The van der Waals surface area contributed by atoms with Crippen molar-refractivity contribution in [2.45, 2.75) is 30.0 Å². The Morgan fingerprint density at radius 3 is 2.09 bits per heavy atom. The number of carbonyl (C=O) groups excluding carboxylic acids is 3. The summed E-state index contributed by atoms with van der Waals surface area (Å²) in [6.07, 6.45) is 1.12. The van der Waals surface area contributed by atoms with Gasteiger partial charge in [0.15, 0.2) is 0 Å². The maximum absolute atomic E-state index is 13.3. The quantitative estimate of drug-likeness (QED) is 0.658. The van der Waals surface area contributed by atoms with Gasteiger partial charge in [0.05, 0.1) is 4.90 Å². The highest BCUT2D eigenvalue weighted by molar-refractivity contribution is 7.92. The molecule has 3 amide bonds. The normalized spacial score (nSPS) is 15.1. The van der Waals surface area contributed by atoms with Gasteiger partial charge in [-0.05, 0) is 42.8 Å². The van der Waals surface area contributed by atoms with Crippen molar-refractivity contribution in [3.05, 3.63) is 66.0 Å². The van der Waals surface area contributed by atoms with E-state index >= 15 is 0 Å². The molecule has 0 radical (unpaired) electrons. The zero-order valence-electron chi connectivity index (χ0n) is 18.2. The van der Waals surface area contributed by atoms with E-state index in [1.54, 1.807) is 11.0 Å². The number of nitrogens with one attached hydrogen (secondary N) is 1. The molecule has 0 spiro atoms. The number of carbonyl (C=O) groups is 3. The maximum atomic E-state index is 13.3. The first-order valence-electron chi connectivity index (χ1n) is 10.7. The van der Waals surface area contributed by atoms with Gasteiger partial charge in [-0.25, -0.2) is 12.8 Å². The summed E-state index contributed by atoms with van der Waals surface area (Å²) in [6, 6.07) is 11.9. The van der Waals surface area contributed by atoms with Crippen molar-refractivity contribution >= 4 is 27.6 Å². The lowest BCUT2D eigenvalue weighted by Crippen LogP contribution is -2.57. The van der Waals surface area contributed by atoms with Crippen LogP contribution >= 0.6 is 0 Å². The Morgan fingerprint density at radius 2 is 1.52 bits per heavy atom. The van der Waals surface area contributed by atoms with Gasteiger partial charge >= 0.3 is 0 Å². The monoisotopic (exact) mass is 475 g/mol. The largest absolute Gasteiger partial charge is 0.339 e. The molecule has 1 aliphatic rings. The Labute approximate surface area is 192 Å². The molecule has 3 rings (SSSR count). The van der Waals surface area contributed by atoms with E-state index in [-0.39, 0.29) is 42.5 Å². The van der Waals surface area contributed by atoms with Crippen LogP contribution in [-0.2, 0) is 19.4 Å². The molecular weight excluding hydrogens is 449 g/mol. The van der Waals surface area contributed by atoms with Gasteiger partial charge in [-0.15, -0.1) is 0 Å². The first-order valence-corrected chi connectivity index (χ1v) is 12.2. The molecule has 2 aromatic carbocycles. The lowest BCUT2D eigenvalue weighted by molar-refractivity contribution is -0.139. The van der Waals surface area contributed by atoms with Crippen LogP contribution in [0.2, 0.25) is 0 Å². The Morgan fingerprint density at radius 1 is 0.939 bits per heavy atom. The van der Waals surface area contributed by atoms with Crippen LogP contribution in [0.1, 0.15) is 30.1 Å². The highest BCUT2D eigenvalue weighted by Crippen LogP contribution is 2.18. The van der Waals surface area contributed by atoms with Crippen molar-refractivity contribution in [3.8, 4) is 0 Å². The minimum absolute atomic E-state index is 0.0114. The van der Waals surface area contributed by atoms with Gasteiger partial charge in [-0.1, -0.05) is 25.1 Å². The first-order chi connectivity index (χ1) is 15.7. The van der Waals surface area contributed by atoms with Gasteiger partial charge < -0.3 is 15.1 Å². The number of rotatable bonds is 7. The third kappa shape index (κ3) is 5.75. The molecule has 0 unspecified atom stereocenters. The average Bonchev–Trinajstić information content (AvgIpc) is 2.83. The van der Waals surface area contributed by atoms with Crippen LogP contribution in [0.25, 0.3) is 0 Å². The fourth-order valence-electron chi connectivity index (χ4n) is 3.54. The minimum Gasteiger partial charge on any atom is -0.339 e. The third-order valence-electron chi connectivity index (χ3n) is 5.38. The molecule has 1 fully saturated rings. The minimum atomic E-state index is -4.28. The molecule has 10 heteroatoms. The van der Waals surface area contributed by atoms with E-state index in [1.165, 1.54) is 41.3 Å². The van der Waals surface area contributed by atoms with Crippen LogP contribution < -0.4 is 5.32 Å². The number of halogens is 1. The van der Waals surface area contributed by atoms with Crippen LogP contribution in [0.15, 0.2) is 59.5 Å². The molecule has 0 aromatic heterocycles. The van der Waals surface area contributed by atoms with Crippen molar-refractivity contribution in [3.63, 3.8) is 0 Å². The summed E-state index contributed by atoms with van der Waals surface area (Å²) in [5, 5.41) is 0.456. The van der Waals surface area contributed by atoms with Crippen molar-refractivity contribution in [2.24, 2.45) is 0 Å². The second-order valence-corrected chi connectivity index (χ2v) is 9.71. The van der Waals surface area contributed by atoms with Crippen molar-refractivity contribution in [2.75, 3.05) is 26.2 Å². The predicted molar refractivity (Wildman–Crippen MR) is 119 cm³/mol. The van der Waals surface area contributed by atoms with Gasteiger partial charge in [-0.2, -0.15) is 0 Å². The smallest absolute Gasteiger partial charge is 0.261 e. The summed E-state index contributed by atoms with van der Waals surface area (Å²) < 4.78 is 39.8. The van der Waals surface area contributed by atoms with Gasteiger partial charge in [-0.3, -0.25) is 14.4 Å². The fraction of sp³-hybridized carbons (Fsp3) is 0.348. The number of nitrogens with zero attached hydrogens (tertiary/aromatic N) is 2. The topological polar surface area (TPSA) is 104 Å². The molecule has 0 bridgehead atoms. The van der Waals surface area contributed by atoms with Crippen molar-refractivity contribution < 1.29 is 27.2 Å². The van der Waals surface area contributed by atoms with Gasteiger partial charge in [0.2, 0.25) is 21.1 Å². The number of piperazine rings is 1. The number of benzene rings is 2. The van der Waals surface area contributed by atoms with Gasteiger partial charge in [0.25, 0.3) is 11.8 Å². The summed E-state index contributed by atoms with van der Waals surface area (Å²) in [7, 11) is -4.28. The number of sulfone groups is 1. The zero-order valence-corrected chi connectivity index (χ0v) is 19.1. The summed E-state index contributed by atoms with van der Waals surface area (Å²) in [5.41, 5.74) is 0.0208. The summed E-state index contributed by atoms with van der Waals surface area (Å²) in [6.45, 7) is 2.78. The Kier molecular flexibility index (Phi) is 7.80. The van der Waals surface area contributed by atoms with Crippen molar-refractivity contribution in [1.82, 2.24) is 15.1 Å². The average molecular weight is 476 g/mol. The molecule has 1 saturated heterocycles. The van der Waals surface area contributed by atoms with E-state index in [4.69, 9.17) is 0 Å². The molecule has 1 heterocycles. The van der Waals surface area contributed by atoms with Crippen LogP contribution in [0.3, 0.4) is 0 Å². The molecule has 8 nitrogen and oxygen atoms in total. The summed E-state index contributed by atoms with van der Waals surface area (Å²) in [5.74, 6) is -2.16. The van der Waals surface area contributed by atoms with Crippen LogP contribution in [0.5, 0.6) is 0 Å². The standard InChI is InChI=1S/C23H26FN3O5S/c1-2-6-20(28)26-13-15-27(16-14-26)23(30)22(33(31,32)19-7-4-3-5-8-19)25-21(29)17-9-11-18(24)12-10-17/h3-5,7-12,22H,2,6,13-16H2,1H3,(H,25,29)/t22-/m0/s1. The number of hydrogen-bond donors (Lipinski definition) is 1. The third-order valence-corrected chi connectivity index (χ3v) is 7.25. The van der Waals surface area contributed by atoms with E-state index in [9.17, 15) is 27.2 Å². The number of hydrogen-bond acceptors (Lipinski definition) is 5. The van der Waals surface area contributed by atoms with Gasteiger partial charge in [0.1, 0.15) is 5.82 Å². The highest BCUT2D eigenvalue weighted by atomic mass is 32.2. The molecule has 176 valence electrons. The lowest BCUT2D eigenvalue weighted by Gasteiger charge is -2.36. The zero-order chi connectivity index (χ0) is 24.0. The molecule has 0 aliphatic carbocycles. The molecular formula is C23H26FN3O5S. The lowest BCUT2D eigenvalue weighted by atomic mass is 10.2. The first kappa shape index (κ1) is 24.4. The van der Waals surface area contributed by atoms with E-state index in [1.807, 2.05) is 6.92 Å². The van der Waals surface area contributed by atoms with E-state index in [0.29, 0.717) is 12.8 Å². The molecule has 0 saturated carbocycles. The molecule has 33 heavy (non-hydrogen) atoms. The van der Waals surface area contributed by atoms with Crippen LogP contribution in [0.4, 0.5) is 4.39 Å². The maximum Gasteiger partial charge on any atom is 0.261 e. The Balaban J connectivity index is 1.84. The molecule has 2 aromatic rings. The Bertz CT molecular complexity index is 1100. The fourth-order valence-corrected chi connectivity index (χ4v) is 5.02. The van der Waals surface area contributed by atoms with E-state index in [0.717, 1.165) is 12.1 Å². The van der Waals surface area contributed by atoms with Crippen LogP contribution in [0, 0.1) is 5.82 Å². The van der Waals surface area contributed by atoms with E-state index in [2.05, 4.69) is 5.32 Å². The molecule has 1 atom stereocenters. The highest BCUT2D eigenvalue weighted by Gasteiger charge is 2.39. The molecule has 1 aliphatic heterocycles. The van der Waals surface area contributed by atoms with Crippen molar-refractivity contribution in [1.29, 1.82) is 0 Å². The summed E-state index contributed by atoms with van der Waals surface area (Å²) in [4.78, 5) is 41.0. The SMILES string of the molecule is CCCC(=O)N1CCN(C(=O)[C@@H](NC(=O)c2ccc(F)cc2)S(=O)(=O)c2ccccc2)CC1. The predicted octanol–water partition coefficient (Wildman–Crippen LogP) is 1.83. The second-order valence-electron chi connectivity index (χ2n) is 7.67. The number of amides is 3. The summed E-state index contributed by atoms with van der Waals surface area (Å²) >= 11 is 0. The molecule has 1 N–H and O–H groups in total. The van der Waals surface area contributed by atoms with E-state index < -0.39 is 32.8 Å².